The molecule has 0 radical (unpaired) electrons. The van der Waals surface area contributed by atoms with Crippen LogP contribution in [0.25, 0.3) is 0 Å². The Morgan fingerprint density at radius 1 is 1.10 bits per heavy atom. The van der Waals surface area contributed by atoms with E-state index >= 15 is 0 Å². The van der Waals surface area contributed by atoms with Gasteiger partial charge in [-0.2, -0.15) is 0 Å². The maximum absolute atomic E-state index is 5.97. The molecular weight excluding hydrogens is 278 g/mol. The maximum Gasteiger partial charge on any atom is 0.0406 e. The van der Waals surface area contributed by atoms with Crippen LogP contribution in [0.15, 0.2) is 48.5 Å². The van der Waals surface area contributed by atoms with Crippen molar-refractivity contribution in [1.82, 2.24) is 5.32 Å². The summed E-state index contributed by atoms with van der Waals surface area (Å²) in [4.78, 5) is 0. The molecule has 0 aliphatic carbocycles. The first kappa shape index (κ1) is 16.1. The second-order valence-corrected chi connectivity index (χ2v) is 6.02. The lowest BCUT2D eigenvalue weighted by molar-refractivity contribution is 0.497. The molecular formula is C19H24ClN. The fourth-order valence-corrected chi connectivity index (χ4v) is 2.75. The van der Waals surface area contributed by atoms with Crippen LogP contribution >= 0.6 is 11.6 Å². The van der Waals surface area contributed by atoms with Crippen molar-refractivity contribution < 1.29 is 0 Å². The van der Waals surface area contributed by atoms with Gasteiger partial charge in [-0.1, -0.05) is 66.9 Å². The molecule has 0 bridgehead atoms. The van der Waals surface area contributed by atoms with Gasteiger partial charge in [-0.15, -0.1) is 0 Å². The van der Waals surface area contributed by atoms with Gasteiger partial charge in [-0.25, -0.2) is 0 Å². The van der Waals surface area contributed by atoms with Crippen LogP contribution in [0.2, 0.25) is 5.02 Å². The summed E-state index contributed by atoms with van der Waals surface area (Å²) in [5.74, 6) is 0. The predicted molar refractivity (Wildman–Crippen MR) is 92.0 cm³/mol. The highest BCUT2D eigenvalue weighted by Gasteiger charge is 2.09. The molecule has 21 heavy (non-hydrogen) atoms. The molecule has 0 saturated carbocycles. The van der Waals surface area contributed by atoms with Crippen LogP contribution < -0.4 is 5.32 Å². The Morgan fingerprint density at radius 3 is 2.52 bits per heavy atom. The van der Waals surface area contributed by atoms with E-state index in [1.807, 2.05) is 12.1 Å². The zero-order valence-corrected chi connectivity index (χ0v) is 13.7. The molecule has 1 atom stereocenters. The minimum Gasteiger partial charge on any atom is -0.310 e. The Kier molecular flexibility index (Phi) is 6.28. The van der Waals surface area contributed by atoms with Crippen molar-refractivity contribution in [2.24, 2.45) is 0 Å². The fraction of sp³-hybridized carbons (Fsp3) is 0.368. The van der Waals surface area contributed by atoms with Crippen LogP contribution in [0.5, 0.6) is 0 Å². The molecule has 0 aliphatic heterocycles. The van der Waals surface area contributed by atoms with E-state index in [-0.39, 0.29) is 0 Å². The van der Waals surface area contributed by atoms with Gasteiger partial charge < -0.3 is 5.32 Å². The summed E-state index contributed by atoms with van der Waals surface area (Å²) in [6, 6.07) is 17.4. The van der Waals surface area contributed by atoms with Gasteiger partial charge in [-0.05, 0) is 49.6 Å². The number of benzene rings is 2. The van der Waals surface area contributed by atoms with Gasteiger partial charge in [0.2, 0.25) is 0 Å². The molecule has 2 rings (SSSR count). The number of nitrogens with one attached hydrogen (secondary N) is 1. The quantitative estimate of drug-likeness (QED) is 0.729. The van der Waals surface area contributed by atoms with Gasteiger partial charge in [0.15, 0.2) is 0 Å². The van der Waals surface area contributed by atoms with Crippen molar-refractivity contribution in [2.45, 2.75) is 39.2 Å². The summed E-state index contributed by atoms with van der Waals surface area (Å²) < 4.78 is 0. The van der Waals surface area contributed by atoms with E-state index in [9.17, 15) is 0 Å². The predicted octanol–water partition coefficient (Wildman–Crippen LogP) is 5.32. The van der Waals surface area contributed by atoms with Gasteiger partial charge >= 0.3 is 0 Å². The van der Waals surface area contributed by atoms with Crippen molar-refractivity contribution in [2.75, 3.05) is 6.54 Å². The van der Waals surface area contributed by atoms with E-state index in [2.05, 4.69) is 55.6 Å². The standard InChI is InChI=1S/C19H24ClN/c1-3-5-19(17-8-10-18(20)11-9-17)21-13-12-16-7-4-6-15(2)14-16/h4,6-11,14,19,21H,3,5,12-13H2,1-2H3. The van der Waals surface area contributed by atoms with Crippen molar-refractivity contribution in [3.05, 3.63) is 70.2 Å². The van der Waals surface area contributed by atoms with E-state index in [0.29, 0.717) is 6.04 Å². The Balaban J connectivity index is 1.92. The van der Waals surface area contributed by atoms with Crippen LogP contribution in [0.4, 0.5) is 0 Å². The first-order valence-electron chi connectivity index (χ1n) is 7.73. The Hall–Kier alpha value is -1.31. The normalized spacial score (nSPS) is 12.3. The Morgan fingerprint density at radius 2 is 1.86 bits per heavy atom. The third-order valence-corrected chi connectivity index (χ3v) is 3.99. The molecule has 1 nitrogen and oxygen atoms in total. The van der Waals surface area contributed by atoms with Crippen molar-refractivity contribution in [1.29, 1.82) is 0 Å². The molecule has 1 unspecified atom stereocenters. The number of halogens is 1. The van der Waals surface area contributed by atoms with E-state index < -0.39 is 0 Å². The Labute approximate surface area is 133 Å². The number of hydrogen-bond acceptors (Lipinski definition) is 1. The first-order valence-corrected chi connectivity index (χ1v) is 8.11. The smallest absolute Gasteiger partial charge is 0.0406 e. The second kappa shape index (κ2) is 8.21. The molecule has 0 aliphatic rings. The molecule has 0 fully saturated rings. The van der Waals surface area contributed by atoms with Crippen molar-refractivity contribution >= 4 is 11.6 Å². The molecule has 2 aromatic carbocycles. The lowest BCUT2D eigenvalue weighted by Gasteiger charge is -2.19. The van der Waals surface area contributed by atoms with Crippen LogP contribution in [0.1, 0.15) is 42.5 Å². The zero-order chi connectivity index (χ0) is 15.1. The molecule has 112 valence electrons. The van der Waals surface area contributed by atoms with Gasteiger partial charge in [0.25, 0.3) is 0 Å². The summed E-state index contributed by atoms with van der Waals surface area (Å²) in [5.41, 5.74) is 4.05. The summed E-state index contributed by atoms with van der Waals surface area (Å²) in [5, 5.41) is 4.48. The summed E-state index contributed by atoms with van der Waals surface area (Å²) in [6.07, 6.45) is 3.38. The van der Waals surface area contributed by atoms with Crippen molar-refractivity contribution in [3.63, 3.8) is 0 Å². The Bertz CT molecular complexity index is 548. The monoisotopic (exact) mass is 301 g/mol. The molecule has 0 aromatic heterocycles. The summed E-state index contributed by atoms with van der Waals surface area (Å²) in [7, 11) is 0. The molecule has 2 aromatic rings. The first-order chi connectivity index (χ1) is 10.2. The third-order valence-electron chi connectivity index (χ3n) is 3.74. The molecule has 0 amide bonds. The minimum atomic E-state index is 0.414. The zero-order valence-electron chi connectivity index (χ0n) is 12.9. The highest BCUT2D eigenvalue weighted by Crippen LogP contribution is 2.20. The summed E-state index contributed by atoms with van der Waals surface area (Å²) in [6.45, 7) is 5.37. The van der Waals surface area contributed by atoms with Crippen LogP contribution in [-0.2, 0) is 6.42 Å². The topological polar surface area (TPSA) is 12.0 Å². The fourth-order valence-electron chi connectivity index (χ4n) is 2.63. The highest BCUT2D eigenvalue weighted by atomic mass is 35.5. The van der Waals surface area contributed by atoms with E-state index in [1.54, 1.807) is 0 Å². The van der Waals surface area contributed by atoms with E-state index in [1.165, 1.54) is 23.1 Å². The van der Waals surface area contributed by atoms with Gasteiger partial charge in [0.05, 0.1) is 0 Å². The molecule has 1 N–H and O–H groups in total. The lowest BCUT2D eigenvalue weighted by atomic mass is 10.0. The molecule has 0 spiro atoms. The van der Waals surface area contributed by atoms with Crippen molar-refractivity contribution in [3.8, 4) is 0 Å². The average molecular weight is 302 g/mol. The van der Waals surface area contributed by atoms with Gasteiger partial charge in [-0.3, -0.25) is 0 Å². The number of rotatable bonds is 7. The number of aryl methyl sites for hydroxylation is 1. The molecule has 0 saturated heterocycles. The molecule has 0 heterocycles. The largest absolute Gasteiger partial charge is 0.310 e. The minimum absolute atomic E-state index is 0.414. The highest BCUT2D eigenvalue weighted by molar-refractivity contribution is 6.30. The summed E-state index contributed by atoms with van der Waals surface area (Å²) >= 11 is 5.97. The number of hydrogen-bond donors (Lipinski definition) is 1. The van der Waals surface area contributed by atoms with Crippen LogP contribution in [0.3, 0.4) is 0 Å². The average Bonchev–Trinajstić information content (AvgIpc) is 2.47. The second-order valence-electron chi connectivity index (χ2n) is 5.59. The van der Waals surface area contributed by atoms with E-state index in [0.717, 1.165) is 24.4 Å². The SMILES string of the molecule is CCCC(NCCc1cccc(C)c1)c1ccc(Cl)cc1. The van der Waals surface area contributed by atoms with Crippen LogP contribution in [-0.4, -0.2) is 6.54 Å². The molecule has 2 heteroatoms. The third kappa shape index (κ3) is 5.18. The van der Waals surface area contributed by atoms with E-state index in [4.69, 9.17) is 11.6 Å². The van der Waals surface area contributed by atoms with Crippen LogP contribution in [0, 0.1) is 6.92 Å². The van der Waals surface area contributed by atoms with Gasteiger partial charge in [0, 0.05) is 11.1 Å². The van der Waals surface area contributed by atoms with Gasteiger partial charge in [0.1, 0.15) is 0 Å². The maximum atomic E-state index is 5.97. The lowest BCUT2D eigenvalue weighted by Crippen LogP contribution is -2.23.